The molecule has 2 heterocycles. The van der Waals surface area contributed by atoms with Crippen LogP contribution in [-0.4, -0.2) is 36.1 Å². The maximum atomic E-state index is 11.0. The van der Waals surface area contributed by atoms with Crippen molar-refractivity contribution in [2.24, 2.45) is 0 Å². The Morgan fingerprint density at radius 2 is 2.17 bits per heavy atom. The Morgan fingerprint density at radius 3 is 2.72 bits per heavy atom. The van der Waals surface area contributed by atoms with Crippen LogP contribution in [0.15, 0.2) is 12.1 Å². The Labute approximate surface area is 104 Å². The summed E-state index contributed by atoms with van der Waals surface area (Å²) in [7, 11) is 1.75. The Kier molecular flexibility index (Phi) is 3.44. The zero-order valence-electron chi connectivity index (χ0n) is 10.5. The molecule has 0 amide bonds. The fraction of sp³-hybridized carbons (Fsp3) is 0.545. The van der Waals surface area contributed by atoms with Gasteiger partial charge in [0, 0.05) is 14.0 Å². The molecule has 18 heavy (non-hydrogen) atoms. The van der Waals surface area contributed by atoms with Crippen LogP contribution < -0.4 is 4.90 Å². The molecule has 1 aromatic rings. The quantitative estimate of drug-likeness (QED) is 0.597. The normalized spacial score (nSPS) is 22.4. The van der Waals surface area contributed by atoms with Gasteiger partial charge in [0.1, 0.15) is 11.4 Å². The summed E-state index contributed by atoms with van der Waals surface area (Å²) in [6.07, 6.45) is -0.541. The van der Waals surface area contributed by atoms with Crippen LogP contribution in [0.25, 0.3) is 0 Å². The molecule has 0 radical (unpaired) electrons. The standard InChI is InChI=1S/C11H15N3O4/c1-7-4-5-9(11(12-7)14(15)16)13(3)6-10-17-8(2)18-10/h4-5,8,10H,6H2,1-3H3. The SMILES string of the molecule is Cc1ccc(N(C)CC2OC(C)O2)c([N+](=O)[O-])n1. The largest absolute Gasteiger partial charge is 0.387 e. The van der Waals surface area contributed by atoms with Crippen LogP contribution >= 0.6 is 0 Å². The van der Waals surface area contributed by atoms with Crippen LogP contribution in [0.2, 0.25) is 0 Å². The van der Waals surface area contributed by atoms with E-state index in [1.54, 1.807) is 37.9 Å². The minimum Gasteiger partial charge on any atom is -0.363 e. The number of ether oxygens (including phenoxy) is 2. The second-order valence-corrected chi connectivity index (χ2v) is 4.20. The maximum Gasteiger partial charge on any atom is 0.387 e. The van der Waals surface area contributed by atoms with Gasteiger partial charge in [0.05, 0.1) is 6.54 Å². The number of aryl methyl sites for hydroxylation is 1. The predicted octanol–water partition coefficient (Wildman–Crippen LogP) is 1.45. The zero-order valence-corrected chi connectivity index (χ0v) is 10.5. The van der Waals surface area contributed by atoms with E-state index in [1.807, 2.05) is 0 Å². The highest BCUT2D eigenvalue weighted by atomic mass is 16.9. The molecule has 1 saturated heterocycles. The molecule has 1 fully saturated rings. The molecule has 0 aliphatic carbocycles. The fourth-order valence-electron chi connectivity index (χ4n) is 1.81. The van der Waals surface area contributed by atoms with Gasteiger partial charge >= 0.3 is 5.82 Å². The highest BCUT2D eigenvalue weighted by Gasteiger charge is 2.29. The zero-order chi connectivity index (χ0) is 13.3. The number of hydrogen-bond acceptors (Lipinski definition) is 6. The number of nitro groups is 1. The van der Waals surface area contributed by atoms with Crippen molar-refractivity contribution in [3.63, 3.8) is 0 Å². The second kappa shape index (κ2) is 4.87. The molecule has 0 unspecified atom stereocenters. The number of pyridine rings is 1. The van der Waals surface area contributed by atoms with Gasteiger partial charge in [-0.3, -0.25) is 0 Å². The molecule has 7 nitrogen and oxygen atoms in total. The summed E-state index contributed by atoms with van der Waals surface area (Å²) in [6, 6.07) is 3.42. The van der Waals surface area contributed by atoms with Crippen LogP contribution in [0, 0.1) is 17.0 Å². The number of rotatable bonds is 4. The average molecular weight is 253 g/mol. The van der Waals surface area contributed by atoms with Gasteiger partial charge in [0.2, 0.25) is 0 Å². The maximum absolute atomic E-state index is 11.0. The van der Waals surface area contributed by atoms with Gasteiger partial charge in [-0.2, -0.15) is 0 Å². The van der Waals surface area contributed by atoms with E-state index in [-0.39, 0.29) is 18.4 Å². The molecule has 0 atom stereocenters. The fourth-order valence-corrected chi connectivity index (χ4v) is 1.81. The lowest BCUT2D eigenvalue weighted by molar-refractivity contribution is -0.389. The molecule has 0 saturated carbocycles. The van der Waals surface area contributed by atoms with E-state index in [9.17, 15) is 10.1 Å². The lowest BCUT2D eigenvalue weighted by atomic mass is 10.3. The van der Waals surface area contributed by atoms with Crippen molar-refractivity contribution < 1.29 is 14.4 Å². The topological polar surface area (TPSA) is 77.7 Å². The molecular formula is C11H15N3O4. The summed E-state index contributed by atoms with van der Waals surface area (Å²) in [5.41, 5.74) is 1.07. The summed E-state index contributed by atoms with van der Waals surface area (Å²) in [5, 5.41) is 11.0. The van der Waals surface area contributed by atoms with E-state index >= 15 is 0 Å². The number of likely N-dealkylation sites (N-methyl/N-ethyl adjacent to an activating group) is 1. The van der Waals surface area contributed by atoms with E-state index < -0.39 is 4.92 Å². The Balaban J connectivity index is 2.13. The molecule has 0 aromatic carbocycles. The van der Waals surface area contributed by atoms with Gasteiger partial charge in [-0.05, 0) is 29.0 Å². The molecule has 0 bridgehead atoms. The lowest BCUT2D eigenvalue weighted by Crippen LogP contribution is -2.46. The van der Waals surface area contributed by atoms with E-state index in [0.29, 0.717) is 17.9 Å². The smallest absolute Gasteiger partial charge is 0.363 e. The van der Waals surface area contributed by atoms with Gasteiger partial charge in [-0.1, -0.05) is 0 Å². The van der Waals surface area contributed by atoms with Crippen molar-refractivity contribution >= 4 is 11.5 Å². The van der Waals surface area contributed by atoms with E-state index in [4.69, 9.17) is 9.47 Å². The summed E-state index contributed by atoms with van der Waals surface area (Å²) in [5.74, 6) is -0.148. The number of aromatic nitrogens is 1. The Hall–Kier alpha value is -1.73. The summed E-state index contributed by atoms with van der Waals surface area (Å²) in [4.78, 5) is 16.1. The van der Waals surface area contributed by atoms with Crippen LogP contribution in [-0.2, 0) is 9.47 Å². The van der Waals surface area contributed by atoms with Crippen molar-refractivity contribution in [3.05, 3.63) is 27.9 Å². The second-order valence-electron chi connectivity index (χ2n) is 4.20. The van der Waals surface area contributed by atoms with Crippen molar-refractivity contribution in [1.82, 2.24) is 4.98 Å². The van der Waals surface area contributed by atoms with Gasteiger partial charge in [-0.25, -0.2) is 0 Å². The predicted molar refractivity (Wildman–Crippen MR) is 64.3 cm³/mol. The summed E-state index contributed by atoms with van der Waals surface area (Å²) in [6.45, 7) is 3.94. The average Bonchev–Trinajstić information content (AvgIpc) is 2.26. The van der Waals surface area contributed by atoms with Crippen LogP contribution in [0.1, 0.15) is 12.6 Å². The molecule has 0 spiro atoms. The van der Waals surface area contributed by atoms with Gasteiger partial charge in [-0.15, -0.1) is 0 Å². The first-order valence-corrected chi connectivity index (χ1v) is 5.61. The first-order valence-electron chi connectivity index (χ1n) is 5.61. The van der Waals surface area contributed by atoms with Gasteiger partial charge < -0.3 is 24.5 Å². The Bertz CT molecular complexity index is 460. The van der Waals surface area contributed by atoms with Gasteiger partial charge in [0.15, 0.2) is 12.6 Å². The number of hydrogen-bond donors (Lipinski definition) is 0. The summed E-state index contributed by atoms with van der Waals surface area (Å²) >= 11 is 0. The van der Waals surface area contributed by atoms with E-state index in [0.717, 1.165) is 0 Å². The van der Waals surface area contributed by atoms with Gasteiger partial charge in [0.25, 0.3) is 0 Å². The summed E-state index contributed by atoms with van der Waals surface area (Å²) < 4.78 is 10.6. The number of nitrogens with zero attached hydrogens (tertiary/aromatic N) is 3. The Morgan fingerprint density at radius 1 is 1.50 bits per heavy atom. The van der Waals surface area contributed by atoms with Crippen LogP contribution in [0.3, 0.4) is 0 Å². The molecule has 0 N–H and O–H groups in total. The monoisotopic (exact) mass is 253 g/mol. The highest BCUT2D eigenvalue weighted by molar-refractivity contribution is 5.59. The minimum atomic E-state index is -0.482. The van der Waals surface area contributed by atoms with Crippen molar-refractivity contribution in [1.29, 1.82) is 0 Å². The molecule has 1 aliphatic rings. The van der Waals surface area contributed by atoms with Crippen LogP contribution in [0.4, 0.5) is 11.5 Å². The van der Waals surface area contributed by atoms with Crippen molar-refractivity contribution in [3.8, 4) is 0 Å². The molecule has 7 heteroatoms. The van der Waals surface area contributed by atoms with Crippen molar-refractivity contribution in [2.45, 2.75) is 26.4 Å². The van der Waals surface area contributed by atoms with Crippen LogP contribution in [0.5, 0.6) is 0 Å². The lowest BCUT2D eigenvalue weighted by Gasteiger charge is -2.36. The highest BCUT2D eigenvalue weighted by Crippen LogP contribution is 2.27. The van der Waals surface area contributed by atoms with Crippen molar-refractivity contribution in [2.75, 3.05) is 18.5 Å². The third-order valence-electron chi connectivity index (χ3n) is 2.69. The van der Waals surface area contributed by atoms with E-state index in [2.05, 4.69) is 4.98 Å². The molecule has 2 rings (SSSR count). The van der Waals surface area contributed by atoms with E-state index in [1.165, 1.54) is 0 Å². The first kappa shape index (κ1) is 12.7. The minimum absolute atomic E-state index is 0.148. The molecule has 1 aromatic heterocycles. The molecular weight excluding hydrogens is 238 g/mol. The molecule has 98 valence electrons. The third-order valence-corrected chi connectivity index (χ3v) is 2.69. The molecule has 1 aliphatic heterocycles. The number of anilines is 1. The first-order chi connectivity index (χ1) is 8.47. The third kappa shape index (κ3) is 2.57.